The first-order valence-corrected chi connectivity index (χ1v) is 3.04. The molecular weight excluding hydrogens is 114 g/mol. The quantitative estimate of drug-likeness (QED) is 0.325. The summed E-state index contributed by atoms with van der Waals surface area (Å²) in [5.74, 6) is 5.53. The van der Waals surface area contributed by atoms with Crippen molar-refractivity contribution < 1.29 is 0 Å². The molecule has 0 spiro atoms. The van der Waals surface area contributed by atoms with Gasteiger partial charge < -0.3 is 5.32 Å². The summed E-state index contributed by atoms with van der Waals surface area (Å²) in [6, 6.07) is 0.373. The lowest BCUT2D eigenvalue weighted by atomic mass is 10.4. The van der Waals surface area contributed by atoms with Gasteiger partial charge in [0, 0.05) is 6.04 Å². The molecule has 3 N–H and O–H groups in total. The molecule has 0 aromatic carbocycles. The van der Waals surface area contributed by atoms with Gasteiger partial charge in [-0.2, -0.15) is 0 Å². The number of hydrogen-bond acceptors (Lipinski definition) is 3. The van der Waals surface area contributed by atoms with Crippen molar-refractivity contribution in [1.82, 2.24) is 10.3 Å². The molecule has 0 aliphatic rings. The van der Waals surface area contributed by atoms with Gasteiger partial charge in [0.1, 0.15) is 0 Å². The highest BCUT2D eigenvalue weighted by atomic mass is 15.4. The van der Waals surface area contributed by atoms with Crippen LogP contribution in [0.1, 0.15) is 13.8 Å². The molecule has 0 unspecified atom stereocenters. The zero-order valence-electron chi connectivity index (χ0n) is 6.09. The van der Waals surface area contributed by atoms with Crippen molar-refractivity contribution in [2.24, 2.45) is 5.84 Å². The molecule has 0 fully saturated rings. The van der Waals surface area contributed by atoms with Gasteiger partial charge in [0.15, 0.2) is 0 Å². The molecule has 0 bridgehead atoms. The van der Waals surface area contributed by atoms with E-state index in [2.05, 4.69) is 11.9 Å². The van der Waals surface area contributed by atoms with Gasteiger partial charge in [-0.3, -0.25) is 5.84 Å². The molecular formula is C6H15N3. The normalized spacial score (nSPS) is 10.3. The molecule has 0 rings (SSSR count). The van der Waals surface area contributed by atoms with Crippen LogP contribution in [-0.2, 0) is 0 Å². The summed E-state index contributed by atoms with van der Waals surface area (Å²) in [6.07, 6.45) is 1.63. The zero-order valence-corrected chi connectivity index (χ0v) is 6.09. The third kappa shape index (κ3) is 4.00. The first kappa shape index (κ1) is 8.46. The van der Waals surface area contributed by atoms with Crippen LogP contribution in [0.2, 0.25) is 0 Å². The average Bonchev–Trinajstić information content (AvgIpc) is 1.82. The van der Waals surface area contributed by atoms with E-state index in [1.54, 1.807) is 11.2 Å². The summed E-state index contributed by atoms with van der Waals surface area (Å²) in [5, 5.41) is 4.59. The summed E-state index contributed by atoms with van der Waals surface area (Å²) in [7, 11) is 0. The third-order valence-corrected chi connectivity index (χ3v) is 1.08. The number of rotatable bonds is 4. The van der Waals surface area contributed by atoms with Gasteiger partial charge in [0.2, 0.25) is 0 Å². The first-order valence-electron chi connectivity index (χ1n) is 3.04. The monoisotopic (exact) mass is 129 g/mol. The SMILES string of the molecule is C=CNCN(N)C(C)C. The summed E-state index contributed by atoms with van der Waals surface area (Å²) in [4.78, 5) is 0. The molecule has 0 aromatic heterocycles. The highest BCUT2D eigenvalue weighted by molar-refractivity contribution is 4.62. The predicted molar refractivity (Wildman–Crippen MR) is 39.4 cm³/mol. The number of nitrogens with two attached hydrogens (primary N) is 1. The molecule has 0 heterocycles. The Morgan fingerprint density at radius 3 is 2.67 bits per heavy atom. The number of nitrogens with one attached hydrogen (secondary N) is 1. The van der Waals surface area contributed by atoms with Crippen LogP contribution in [0.3, 0.4) is 0 Å². The lowest BCUT2D eigenvalue weighted by molar-refractivity contribution is 0.220. The molecule has 9 heavy (non-hydrogen) atoms. The van der Waals surface area contributed by atoms with E-state index in [4.69, 9.17) is 5.84 Å². The molecule has 54 valence electrons. The maximum absolute atomic E-state index is 5.53. The average molecular weight is 129 g/mol. The lowest BCUT2D eigenvalue weighted by Gasteiger charge is -2.19. The standard InChI is InChI=1S/C6H15N3/c1-4-8-5-9(7)6(2)3/h4,6,8H,1,5,7H2,2-3H3. The van der Waals surface area contributed by atoms with Crippen molar-refractivity contribution in [3.05, 3.63) is 12.8 Å². The maximum Gasteiger partial charge on any atom is 0.0807 e. The van der Waals surface area contributed by atoms with Crippen LogP contribution in [0.15, 0.2) is 12.8 Å². The Morgan fingerprint density at radius 1 is 1.78 bits per heavy atom. The minimum atomic E-state index is 0.373. The van der Waals surface area contributed by atoms with Crippen LogP contribution in [0, 0.1) is 0 Å². The van der Waals surface area contributed by atoms with E-state index in [0.29, 0.717) is 12.7 Å². The predicted octanol–water partition coefficient (Wildman–Crippen LogP) is 0.261. The maximum atomic E-state index is 5.53. The summed E-state index contributed by atoms with van der Waals surface area (Å²) >= 11 is 0. The topological polar surface area (TPSA) is 41.3 Å². The van der Waals surface area contributed by atoms with E-state index in [0.717, 1.165) is 0 Å². The Labute approximate surface area is 56.5 Å². The Bertz CT molecular complexity index is 80.4. The van der Waals surface area contributed by atoms with Crippen molar-refractivity contribution in [3.63, 3.8) is 0 Å². The van der Waals surface area contributed by atoms with Crippen molar-refractivity contribution in [2.75, 3.05) is 6.67 Å². The second kappa shape index (κ2) is 4.35. The van der Waals surface area contributed by atoms with Crippen LogP contribution < -0.4 is 11.2 Å². The van der Waals surface area contributed by atoms with E-state index in [-0.39, 0.29) is 0 Å². The fourth-order valence-electron chi connectivity index (χ4n) is 0.353. The molecule has 0 atom stereocenters. The van der Waals surface area contributed by atoms with Gasteiger partial charge in [0.05, 0.1) is 6.67 Å². The molecule has 0 aromatic rings. The minimum Gasteiger partial charge on any atom is -0.378 e. The van der Waals surface area contributed by atoms with Crippen LogP contribution in [0.25, 0.3) is 0 Å². The summed E-state index contributed by atoms with van der Waals surface area (Å²) in [6.45, 7) is 8.22. The van der Waals surface area contributed by atoms with E-state index < -0.39 is 0 Å². The fraction of sp³-hybridized carbons (Fsp3) is 0.667. The molecule has 0 aliphatic carbocycles. The smallest absolute Gasteiger partial charge is 0.0807 e. The Balaban J connectivity index is 3.26. The van der Waals surface area contributed by atoms with Gasteiger partial charge in [0.25, 0.3) is 0 Å². The van der Waals surface area contributed by atoms with Crippen LogP contribution in [0.5, 0.6) is 0 Å². The minimum absolute atomic E-state index is 0.373. The number of hydrogen-bond donors (Lipinski definition) is 2. The molecule has 3 nitrogen and oxygen atoms in total. The fourth-order valence-corrected chi connectivity index (χ4v) is 0.353. The Morgan fingerprint density at radius 2 is 2.33 bits per heavy atom. The lowest BCUT2D eigenvalue weighted by Crippen LogP contribution is -2.42. The van der Waals surface area contributed by atoms with Crippen molar-refractivity contribution in [3.8, 4) is 0 Å². The van der Waals surface area contributed by atoms with Crippen molar-refractivity contribution in [1.29, 1.82) is 0 Å². The van der Waals surface area contributed by atoms with E-state index in [1.165, 1.54) is 0 Å². The molecule has 3 heteroatoms. The van der Waals surface area contributed by atoms with E-state index in [9.17, 15) is 0 Å². The summed E-state index contributed by atoms with van der Waals surface area (Å²) in [5.41, 5.74) is 0. The van der Waals surface area contributed by atoms with Gasteiger partial charge in [-0.15, -0.1) is 0 Å². The number of hydrazine groups is 1. The number of nitrogens with zero attached hydrogens (tertiary/aromatic N) is 1. The molecule has 0 saturated heterocycles. The molecule has 0 amide bonds. The Kier molecular flexibility index (Phi) is 4.09. The van der Waals surface area contributed by atoms with Gasteiger partial charge in [-0.25, -0.2) is 5.01 Å². The third-order valence-electron chi connectivity index (χ3n) is 1.08. The second-order valence-corrected chi connectivity index (χ2v) is 2.17. The zero-order chi connectivity index (χ0) is 7.28. The summed E-state index contributed by atoms with van der Waals surface area (Å²) < 4.78 is 0. The van der Waals surface area contributed by atoms with Crippen LogP contribution >= 0.6 is 0 Å². The largest absolute Gasteiger partial charge is 0.378 e. The first-order chi connectivity index (χ1) is 4.18. The highest BCUT2D eigenvalue weighted by Crippen LogP contribution is 1.85. The highest BCUT2D eigenvalue weighted by Gasteiger charge is 1.99. The van der Waals surface area contributed by atoms with E-state index >= 15 is 0 Å². The van der Waals surface area contributed by atoms with Crippen molar-refractivity contribution >= 4 is 0 Å². The van der Waals surface area contributed by atoms with Gasteiger partial charge >= 0.3 is 0 Å². The molecule has 0 aliphatic heterocycles. The van der Waals surface area contributed by atoms with Crippen LogP contribution in [-0.4, -0.2) is 17.7 Å². The van der Waals surface area contributed by atoms with Crippen LogP contribution in [0.4, 0.5) is 0 Å². The second-order valence-electron chi connectivity index (χ2n) is 2.17. The van der Waals surface area contributed by atoms with Gasteiger partial charge in [-0.05, 0) is 20.0 Å². The molecule has 0 radical (unpaired) electrons. The molecule has 0 saturated carbocycles. The Hall–Kier alpha value is -0.540. The van der Waals surface area contributed by atoms with Gasteiger partial charge in [-0.1, -0.05) is 6.58 Å². The van der Waals surface area contributed by atoms with Crippen molar-refractivity contribution in [2.45, 2.75) is 19.9 Å². The van der Waals surface area contributed by atoms with E-state index in [1.807, 2.05) is 13.8 Å².